The van der Waals surface area contributed by atoms with Crippen molar-refractivity contribution in [2.75, 3.05) is 40.4 Å². The Labute approximate surface area is 185 Å². The van der Waals surface area contributed by atoms with Crippen molar-refractivity contribution in [3.63, 3.8) is 0 Å². The van der Waals surface area contributed by atoms with Gasteiger partial charge in [-0.2, -0.15) is 0 Å². The number of carbonyl (C=O) groups excluding carboxylic acids is 2. The number of methoxy groups -OCH3 is 2. The molecule has 2 aromatic heterocycles. The van der Waals surface area contributed by atoms with E-state index in [9.17, 15) is 9.59 Å². The molecule has 8 heteroatoms. The minimum atomic E-state index is -0.000818. The van der Waals surface area contributed by atoms with Crippen LogP contribution in [0.15, 0.2) is 30.3 Å². The van der Waals surface area contributed by atoms with Gasteiger partial charge < -0.3 is 23.8 Å². The second-order valence-corrected chi connectivity index (χ2v) is 9.03. The van der Waals surface area contributed by atoms with E-state index >= 15 is 0 Å². The predicted octanol–water partition coefficient (Wildman–Crippen LogP) is 3.38. The molecule has 3 aromatic rings. The molecule has 0 radical (unpaired) electrons. The molecular weight excluding hydrogens is 414 g/mol. The van der Waals surface area contributed by atoms with Gasteiger partial charge in [0.15, 0.2) is 0 Å². The fourth-order valence-electron chi connectivity index (χ4n) is 4.04. The van der Waals surface area contributed by atoms with E-state index in [1.165, 1.54) is 4.88 Å². The molecule has 0 atom stereocenters. The molecule has 1 aromatic carbocycles. The Kier molecular flexibility index (Phi) is 5.91. The molecule has 7 nitrogen and oxygen atoms in total. The van der Waals surface area contributed by atoms with Gasteiger partial charge in [0.2, 0.25) is 5.91 Å². The van der Waals surface area contributed by atoms with Crippen molar-refractivity contribution in [1.82, 2.24) is 14.4 Å². The lowest BCUT2D eigenvalue weighted by Gasteiger charge is -2.34. The number of nitrogens with zero attached hydrogens (tertiary/aromatic N) is 3. The van der Waals surface area contributed by atoms with Gasteiger partial charge in [0.05, 0.1) is 24.4 Å². The average molecular weight is 442 g/mol. The van der Waals surface area contributed by atoms with Crippen molar-refractivity contribution < 1.29 is 19.1 Å². The van der Waals surface area contributed by atoms with Crippen LogP contribution in [0.4, 0.5) is 0 Å². The number of fused-ring (bicyclic) bond motifs is 1. The van der Waals surface area contributed by atoms with E-state index < -0.39 is 0 Å². The molecule has 1 aliphatic rings. The molecule has 0 bridgehead atoms. The quantitative estimate of drug-likeness (QED) is 0.609. The van der Waals surface area contributed by atoms with Crippen LogP contribution in [0.3, 0.4) is 0 Å². The summed E-state index contributed by atoms with van der Waals surface area (Å²) in [5, 5.41) is 0. The first-order valence-electron chi connectivity index (χ1n) is 10.3. The Hall–Kier alpha value is -3.00. The van der Waals surface area contributed by atoms with E-state index in [1.807, 2.05) is 29.2 Å². The first kappa shape index (κ1) is 21.2. The summed E-state index contributed by atoms with van der Waals surface area (Å²) in [5.41, 5.74) is 2.71. The SMILES string of the molecule is COc1cc(Cn2c(C(=O)N3CCN(C(C)=O)CC3)cc3sc(C)cc32)cc(OC)c1. The molecule has 3 heterocycles. The lowest BCUT2D eigenvalue weighted by atomic mass is 10.2. The molecule has 0 N–H and O–H groups in total. The van der Waals surface area contributed by atoms with Gasteiger partial charge in [0.1, 0.15) is 17.2 Å². The third-order valence-corrected chi connectivity index (χ3v) is 6.68. The first-order chi connectivity index (χ1) is 14.9. The molecule has 2 amide bonds. The summed E-state index contributed by atoms with van der Waals surface area (Å²) in [7, 11) is 3.26. The summed E-state index contributed by atoms with van der Waals surface area (Å²) in [6.45, 7) is 6.41. The lowest BCUT2D eigenvalue weighted by molar-refractivity contribution is -0.130. The molecule has 0 spiro atoms. The predicted molar refractivity (Wildman–Crippen MR) is 121 cm³/mol. The van der Waals surface area contributed by atoms with Crippen LogP contribution in [0.5, 0.6) is 11.5 Å². The van der Waals surface area contributed by atoms with Crippen LogP contribution < -0.4 is 9.47 Å². The van der Waals surface area contributed by atoms with Crippen LogP contribution in [-0.2, 0) is 11.3 Å². The largest absolute Gasteiger partial charge is 0.497 e. The minimum Gasteiger partial charge on any atom is -0.497 e. The Morgan fingerprint density at radius 1 is 0.935 bits per heavy atom. The lowest BCUT2D eigenvalue weighted by Crippen LogP contribution is -2.50. The summed E-state index contributed by atoms with van der Waals surface area (Å²) >= 11 is 1.69. The second-order valence-electron chi connectivity index (χ2n) is 7.74. The number of amides is 2. The summed E-state index contributed by atoms with van der Waals surface area (Å²) in [5.74, 6) is 1.48. The molecule has 0 aliphatic carbocycles. The summed E-state index contributed by atoms with van der Waals surface area (Å²) in [4.78, 5) is 29.9. The van der Waals surface area contributed by atoms with Crippen LogP contribution in [0.25, 0.3) is 10.2 Å². The molecule has 1 aliphatic heterocycles. The summed E-state index contributed by atoms with van der Waals surface area (Å²) in [6, 6.07) is 9.89. The number of hydrogen-bond acceptors (Lipinski definition) is 5. The molecule has 0 saturated carbocycles. The molecule has 4 rings (SSSR count). The summed E-state index contributed by atoms with van der Waals surface area (Å²) < 4.78 is 14.0. The van der Waals surface area contributed by atoms with Crippen LogP contribution in [0.2, 0.25) is 0 Å². The van der Waals surface area contributed by atoms with Gasteiger partial charge in [-0.05, 0) is 36.8 Å². The minimum absolute atomic E-state index is 0.000818. The highest BCUT2D eigenvalue weighted by molar-refractivity contribution is 7.19. The van der Waals surface area contributed by atoms with E-state index in [1.54, 1.807) is 37.4 Å². The average Bonchev–Trinajstić information content (AvgIpc) is 3.29. The highest BCUT2D eigenvalue weighted by Gasteiger charge is 2.26. The Morgan fingerprint density at radius 2 is 1.55 bits per heavy atom. The van der Waals surface area contributed by atoms with Gasteiger partial charge in [0, 0.05) is 50.6 Å². The highest BCUT2D eigenvalue weighted by atomic mass is 32.1. The number of benzene rings is 1. The van der Waals surface area contributed by atoms with Crippen LogP contribution in [0.1, 0.15) is 27.9 Å². The van der Waals surface area contributed by atoms with Crippen LogP contribution in [0, 0.1) is 6.92 Å². The Balaban J connectivity index is 1.68. The summed E-state index contributed by atoms with van der Waals surface area (Å²) in [6.07, 6.45) is 0. The molecule has 0 unspecified atom stereocenters. The topological polar surface area (TPSA) is 64.0 Å². The number of piperazine rings is 1. The standard InChI is InChI=1S/C23H27N3O4S/c1-15-9-20-22(31-15)13-21(23(28)25-7-5-24(6-8-25)16(2)27)26(20)14-17-10-18(29-3)12-19(11-17)30-4/h9-13H,5-8,14H2,1-4H3. The zero-order chi connectivity index (χ0) is 22.1. The number of aromatic nitrogens is 1. The van der Waals surface area contributed by atoms with Crippen LogP contribution in [-0.4, -0.2) is 66.6 Å². The molecule has 1 fully saturated rings. The first-order valence-corrected chi connectivity index (χ1v) is 11.1. The number of thiophene rings is 1. The van der Waals surface area contributed by atoms with E-state index in [0.29, 0.717) is 49.9 Å². The maximum atomic E-state index is 13.4. The van der Waals surface area contributed by atoms with Crippen molar-refractivity contribution in [1.29, 1.82) is 0 Å². The number of rotatable bonds is 5. The third-order valence-electron chi connectivity index (χ3n) is 5.70. The van der Waals surface area contributed by atoms with Gasteiger partial charge in [-0.1, -0.05) is 0 Å². The molecule has 164 valence electrons. The molecule has 31 heavy (non-hydrogen) atoms. The fraction of sp³-hybridized carbons (Fsp3) is 0.391. The van der Waals surface area contributed by atoms with E-state index in [-0.39, 0.29) is 11.8 Å². The molecule has 1 saturated heterocycles. The number of carbonyl (C=O) groups is 2. The second kappa shape index (κ2) is 8.63. The number of ether oxygens (including phenoxy) is 2. The van der Waals surface area contributed by atoms with Crippen molar-refractivity contribution in [2.45, 2.75) is 20.4 Å². The van der Waals surface area contributed by atoms with Crippen molar-refractivity contribution in [3.05, 3.63) is 46.5 Å². The maximum Gasteiger partial charge on any atom is 0.270 e. The Bertz CT molecular complexity index is 1100. The van der Waals surface area contributed by atoms with Gasteiger partial charge in [0.25, 0.3) is 5.91 Å². The van der Waals surface area contributed by atoms with Crippen molar-refractivity contribution in [3.8, 4) is 11.5 Å². The smallest absolute Gasteiger partial charge is 0.270 e. The van der Waals surface area contributed by atoms with Crippen molar-refractivity contribution in [2.24, 2.45) is 0 Å². The normalized spacial score (nSPS) is 14.2. The van der Waals surface area contributed by atoms with Crippen molar-refractivity contribution >= 4 is 33.4 Å². The molecular formula is C23H27N3O4S. The maximum absolute atomic E-state index is 13.4. The number of hydrogen-bond donors (Lipinski definition) is 0. The van der Waals surface area contributed by atoms with E-state index in [2.05, 4.69) is 17.6 Å². The Morgan fingerprint density at radius 3 is 2.13 bits per heavy atom. The zero-order valence-electron chi connectivity index (χ0n) is 18.3. The van der Waals surface area contributed by atoms with Gasteiger partial charge in [-0.3, -0.25) is 9.59 Å². The van der Waals surface area contributed by atoms with Gasteiger partial charge >= 0.3 is 0 Å². The zero-order valence-corrected chi connectivity index (χ0v) is 19.1. The third kappa shape index (κ3) is 4.25. The van der Waals surface area contributed by atoms with Gasteiger partial charge in [-0.25, -0.2) is 0 Å². The van der Waals surface area contributed by atoms with Gasteiger partial charge in [-0.15, -0.1) is 11.3 Å². The van der Waals surface area contributed by atoms with E-state index in [4.69, 9.17) is 9.47 Å². The van der Waals surface area contributed by atoms with E-state index in [0.717, 1.165) is 15.8 Å². The number of aryl methyl sites for hydroxylation is 1. The van der Waals surface area contributed by atoms with Crippen LogP contribution >= 0.6 is 11.3 Å². The monoisotopic (exact) mass is 441 g/mol. The fourth-order valence-corrected chi connectivity index (χ4v) is 5.00. The highest BCUT2D eigenvalue weighted by Crippen LogP contribution is 2.31.